The van der Waals surface area contributed by atoms with Crippen molar-refractivity contribution in [2.75, 3.05) is 24.5 Å². The van der Waals surface area contributed by atoms with Crippen LogP contribution < -0.4 is 15.8 Å². The van der Waals surface area contributed by atoms with E-state index in [1.807, 2.05) is 0 Å². The van der Waals surface area contributed by atoms with Crippen molar-refractivity contribution in [2.24, 2.45) is 0 Å². The van der Waals surface area contributed by atoms with E-state index in [9.17, 15) is 4.79 Å². The fourth-order valence-electron chi connectivity index (χ4n) is 2.45. The average Bonchev–Trinajstić information content (AvgIpc) is 2.84. The van der Waals surface area contributed by atoms with Crippen molar-refractivity contribution in [1.29, 1.82) is 0 Å². The van der Waals surface area contributed by atoms with Gasteiger partial charge in [-0.2, -0.15) is 9.50 Å². The summed E-state index contributed by atoms with van der Waals surface area (Å²) in [5, 5.41) is 6.24. The lowest BCUT2D eigenvalue weighted by Crippen LogP contribution is -2.33. The van der Waals surface area contributed by atoms with Gasteiger partial charge in [-0.3, -0.25) is 9.89 Å². The molecule has 1 aliphatic rings. The predicted octanol–water partition coefficient (Wildman–Crippen LogP) is -0.0905. The number of fused-ring (bicyclic) bond motifs is 2. The van der Waals surface area contributed by atoms with Gasteiger partial charge in [0.05, 0.1) is 11.3 Å². The van der Waals surface area contributed by atoms with Gasteiger partial charge in [0.15, 0.2) is 0 Å². The molecule has 0 spiro atoms. The summed E-state index contributed by atoms with van der Waals surface area (Å²) in [5.74, 6) is 1.16. The van der Waals surface area contributed by atoms with Gasteiger partial charge in [0.2, 0.25) is 5.95 Å². The van der Waals surface area contributed by atoms with Gasteiger partial charge in [-0.15, -0.1) is 0 Å². The van der Waals surface area contributed by atoms with Gasteiger partial charge < -0.3 is 10.2 Å². The van der Waals surface area contributed by atoms with E-state index in [4.69, 9.17) is 0 Å². The molecule has 0 saturated carbocycles. The molecule has 19 heavy (non-hydrogen) atoms. The lowest BCUT2D eigenvalue weighted by Gasteiger charge is -2.15. The van der Waals surface area contributed by atoms with E-state index in [0.29, 0.717) is 18.3 Å². The second-order valence-corrected chi connectivity index (χ2v) is 4.62. The van der Waals surface area contributed by atoms with E-state index in [0.717, 1.165) is 37.3 Å². The maximum atomic E-state index is 12.4. The highest BCUT2D eigenvalue weighted by Crippen LogP contribution is 2.11. The van der Waals surface area contributed by atoms with Crippen LogP contribution in [0, 0.1) is 0 Å². The summed E-state index contributed by atoms with van der Waals surface area (Å²) < 4.78 is 1.44. The van der Waals surface area contributed by atoms with Crippen LogP contribution in [0.3, 0.4) is 0 Å². The molecule has 0 bridgehead atoms. The van der Waals surface area contributed by atoms with Gasteiger partial charge in [0.25, 0.3) is 11.3 Å². The molecule has 0 atom stereocenters. The SMILES string of the molecule is CCN(CC)c1nc2nc3c(c(=O)n2[nH]1)CNCC3. The maximum absolute atomic E-state index is 12.4. The van der Waals surface area contributed by atoms with Crippen LogP contribution in [0.15, 0.2) is 4.79 Å². The van der Waals surface area contributed by atoms with Gasteiger partial charge in [0, 0.05) is 32.6 Å². The first-order valence-corrected chi connectivity index (χ1v) is 6.70. The van der Waals surface area contributed by atoms with Crippen LogP contribution in [0.5, 0.6) is 0 Å². The van der Waals surface area contributed by atoms with Gasteiger partial charge in [-0.05, 0) is 13.8 Å². The monoisotopic (exact) mass is 262 g/mol. The van der Waals surface area contributed by atoms with Crippen LogP contribution in [0.4, 0.5) is 5.95 Å². The zero-order chi connectivity index (χ0) is 13.4. The smallest absolute Gasteiger partial charge is 0.278 e. The zero-order valence-electron chi connectivity index (χ0n) is 11.2. The number of nitrogens with one attached hydrogen (secondary N) is 2. The van der Waals surface area contributed by atoms with E-state index < -0.39 is 0 Å². The second-order valence-electron chi connectivity index (χ2n) is 4.62. The van der Waals surface area contributed by atoms with E-state index in [1.165, 1.54) is 4.52 Å². The van der Waals surface area contributed by atoms with Crippen molar-refractivity contribution in [3.63, 3.8) is 0 Å². The fraction of sp³-hybridized carbons (Fsp3) is 0.583. The highest BCUT2D eigenvalue weighted by molar-refractivity contribution is 5.41. The summed E-state index contributed by atoms with van der Waals surface area (Å²) in [7, 11) is 0. The third kappa shape index (κ3) is 1.90. The number of aromatic amines is 1. The molecule has 3 rings (SSSR count). The largest absolute Gasteiger partial charge is 0.342 e. The fourth-order valence-corrected chi connectivity index (χ4v) is 2.45. The Kier molecular flexibility index (Phi) is 2.98. The van der Waals surface area contributed by atoms with Crippen molar-refractivity contribution in [3.8, 4) is 0 Å². The topological polar surface area (TPSA) is 78.3 Å². The Labute approximate surface area is 110 Å². The van der Waals surface area contributed by atoms with E-state index >= 15 is 0 Å². The summed E-state index contributed by atoms with van der Waals surface area (Å²) in [5.41, 5.74) is 1.58. The molecule has 0 amide bonds. The molecule has 0 saturated heterocycles. The Hall–Kier alpha value is -1.89. The third-order valence-electron chi connectivity index (χ3n) is 3.57. The van der Waals surface area contributed by atoms with Crippen molar-refractivity contribution < 1.29 is 0 Å². The second kappa shape index (κ2) is 4.65. The first-order valence-electron chi connectivity index (χ1n) is 6.70. The van der Waals surface area contributed by atoms with Crippen LogP contribution in [0.1, 0.15) is 25.1 Å². The molecule has 2 aromatic rings. The number of aromatic nitrogens is 4. The van der Waals surface area contributed by atoms with Crippen LogP contribution >= 0.6 is 0 Å². The minimum atomic E-state index is -0.0434. The Morgan fingerprint density at radius 3 is 2.84 bits per heavy atom. The molecule has 7 heteroatoms. The quantitative estimate of drug-likeness (QED) is 0.808. The van der Waals surface area contributed by atoms with Crippen LogP contribution in [0.2, 0.25) is 0 Å². The standard InChI is InChI=1S/C12H18N6O/c1-3-17(4-2)12-15-11-14-9-5-6-13-7-8(9)10(19)18(11)16-12/h13H,3-7H2,1-2H3,(H,14,15,16). The number of rotatable bonds is 3. The summed E-state index contributed by atoms with van der Waals surface area (Å²) in [6.07, 6.45) is 0.786. The lowest BCUT2D eigenvalue weighted by molar-refractivity contribution is 0.616. The Bertz CT molecular complexity index is 654. The predicted molar refractivity (Wildman–Crippen MR) is 72.6 cm³/mol. The maximum Gasteiger partial charge on any atom is 0.278 e. The molecule has 0 unspecified atom stereocenters. The van der Waals surface area contributed by atoms with Gasteiger partial charge in [-0.25, -0.2) is 4.98 Å². The number of hydrogen-bond acceptors (Lipinski definition) is 5. The van der Waals surface area contributed by atoms with Gasteiger partial charge >= 0.3 is 0 Å². The normalized spacial score (nSPS) is 14.6. The van der Waals surface area contributed by atoms with Crippen LogP contribution in [0.25, 0.3) is 5.78 Å². The molecule has 0 aromatic carbocycles. The van der Waals surface area contributed by atoms with Crippen molar-refractivity contribution >= 4 is 11.7 Å². The van der Waals surface area contributed by atoms with Gasteiger partial charge in [-0.1, -0.05) is 0 Å². The number of anilines is 1. The highest BCUT2D eigenvalue weighted by atomic mass is 16.1. The first kappa shape index (κ1) is 12.2. The number of H-pyrrole nitrogens is 1. The minimum Gasteiger partial charge on any atom is -0.342 e. The Morgan fingerprint density at radius 2 is 2.11 bits per heavy atom. The molecule has 1 aliphatic heterocycles. The molecule has 3 heterocycles. The summed E-state index contributed by atoms with van der Waals surface area (Å²) in [6, 6.07) is 0. The lowest BCUT2D eigenvalue weighted by atomic mass is 10.1. The molecule has 102 valence electrons. The number of nitrogens with zero attached hydrogens (tertiary/aromatic N) is 4. The van der Waals surface area contributed by atoms with E-state index in [2.05, 4.69) is 39.1 Å². The summed E-state index contributed by atoms with van der Waals surface area (Å²) >= 11 is 0. The van der Waals surface area contributed by atoms with Crippen molar-refractivity contribution in [2.45, 2.75) is 26.8 Å². The Morgan fingerprint density at radius 1 is 1.32 bits per heavy atom. The van der Waals surface area contributed by atoms with Crippen molar-refractivity contribution in [1.82, 2.24) is 24.9 Å². The molecule has 2 aromatic heterocycles. The molecular weight excluding hydrogens is 244 g/mol. The molecule has 2 N–H and O–H groups in total. The summed E-state index contributed by atoms with van der Waals surface area (Å²) in [6.45, 7) is 7.25. The van der Waals surface area contributed by atoms with E-state index in [-0.39, 0.29) is 5.56 Å². The van der Waals surface area contributed by atoms with Gasteiger partial charge in [0.1, 0.15) is 0 Å². The molecule has 0 aliphatic carbocycles. The third-order valence-corrected chi connectivity index (χ3v) is 3.57. The molecular formula is C12H18N6O. The van der Waals surface area contributed by atoms with E-state index in [1.54, 1.807) is 0 Å². The average molecular weight is 262 g/mol. The summed E-state index contributed by atoms with van der Waals surface area (Å²) in [4.78, 5) is 23.4. The zero-order valence-corrected chi connectivity index (χ0v) is 11.2. The number of hydrogen-bond donors (Lipinski definition) is 2. The molecule has 0 fully saturated rings. The van der Waals surface area contributed by atoms with Crippen LogP contribution in [-0.2, 0) is 13.0 Å². The molecule has 0 radical (unpaired) electrons. The Balaban J connectivity index is 2.17. The minimum absolute atomic E-state index is 0.0434. The molecule has 7 nitrogen and oxygen atoms in total. The van der Waals surface area contributed by atoms with Crippen molar-refractivity contribution in [3.05, 3.63) is 21.6 Å². The van der Waals surface area contributed by atoms with Crippen LogP contribution in [-0.4, -0.2) is 39.2 Å². The highest BCUT2D eigenvalue weighted by Gasteiger charge is 2.19. The first-order chi connectivity index (χ1) is 9.24.